The molecule has 0 aromatic rings. The molecule has 1 rings (SSSR count). The van der Waals surface area contributed by atoms with Gasteiger partial charge in [0.15, 0.2) is 0 Å². The first-order valence-electron chi connectivity index (χ1n) is 5.36. The Hall–Kier alpha value is -0.610. The van der Waals surface area contributed by atoms with E-state index in [1.54, 1.807) is 0 Å². The number of carbonyl (C=O) groups excluding carboxylic acids is 1. The maximum absolute atomic E-state index is 11.1. The number of hydrogen-bond acceptors (Lipinski definition) is 3. The van der Waals surface area contributed by atoms with E-state index in [1.165, 1.54) is 0 Å². The Labute approximate surface area is 85.1 Å². The van der Waals surface area contributed by atoms with Crippen LogP contribution in [0.5, 0.6) is 0 Å². The lowest BCUT2D eigenvalue weighted by molar-refractivity contribution is -0.122. The molecule has 0 aromatic carbocycles. The van der Waals surface area contributed by atoms with Crippen LogP contribution in [0, 0.1) is 0 Å². The van der Waals surface area contributed by atoms with E-state index in [4.69, 9.17) is 5.73 Å². The van der Waals surface area contributed by atoms with Crippen molar-refractivity contribution in [3.8, 4) is 0 Å². The van der Waals surface area contributed by atoms with Crippen molar-refractivity contribution in [2.24, 2.45) is 5.73 Å². The first-order chi connectivity index (χ1) is 6.65. The molecule has 0 spiro atoms. The summed E-state index contributed by atoms with van der Waals surface area (Å²) in [4.78, 5) is 13.1. The van der Waals surface area contributed by atoms with Crippen LogP contribution in [0.2, 0.25) is 0 Å². The molecule has 0 saturated carbocycles. The van der Waals surface area contributed by atoms with Crippen molar-refractivity contribution in [1.82, 2.24) is 4.90 Å². The van der Waals surface area contributed by atoms with E-state index in [1.807, 2.05) is 4.90 Å². The molecule has 1 heterocycles. The first-order valence-corrected chi connectivity index (χ1v) is 5.36. The SMILES string of the molecule is CCCCCN1CC(O)CC1C(N)=O. The van der Waals surface area contributed by atoms with Crippen molar-refractivity contribution < 1.29 is 9.90 Å². The van der Waals surface area contributed by atoms with Gasteiger partial charge < -0.3 is 10.8 Å². The van der Waals surface area contributed by atoms with Crippen LogP contribution < -0.4 is 5.73 Å². The Morgan fingerprint density at radius 3 is 2.86 bits per heavy atom. The fraction of sp³-hybridized carbons (Fsp3) is 0.900. The largest absolute Gasteiger partial charge is 0.392 e. The van der Waals surface area contributed by atoms with E-state index >= 15 is 0 Å². The van der Waals surface area contributed by atoms with Gasteiger partial charge in [0, 0.05) is 6.54 Å². The fourth-order valence-electron chi connectivity index (χ4n) is 1.99. The lowest BCUT2D eigenvalue weighted by Crippen LogP contribution is -2.40. The predicted molar refractivity (Wildman–Crippen MR) is 54.7 cm³/mol. The summed E-state index contributed by atoms with van der Waals surface area (Å²) in [6.45, 7) is 3.61. The number of unbranched alkanes of at least 4 members (excludes halogenated alkanes) is 2. The van der Waals surface area contributed by atoms with E-state index in [2.05, 4.69) is 6.92 Å². The molecular formula is C10H20N2O2. The highest BCUT2D eigenvalue weighted by Gasteiger charge is 2.33. The average Bonchev–Trinajstić information content (AvgIpc) is 2.47. The molecule has 0 aliphatic carbocycles. The van der Waals surface area contributed by atoms with E-state index < -0.39 is 0 Å². The zero-order valence-electron chi connectivity index (χ0n) is 8.78. The molecule has 1 amide bonds. The summed E-state index contributed by atoms with van der Waals surface area (Å²) in [6.07, 6.45) is 3.53. The summed E-state index contributed by atoms with van der Waals surface area (Å²) in [6, 6.07) is -0.248. The second kappa shape index (κ2) is 5.32. The Kier molecular flexibility index (Phi) is 4.35. The molecule has 1 aliphatic heterocycles. The molecule has 4 nitrogen and oxygen atoms in total. The number of rotatable bonds is 5. The number of carbonyl (C=O) groups is 1. The standard InChI is InChI=1S/C10H20N2O2/c1-2-3-4-5-12-7-8(13)6-9(12)10(11)14/h8-9,13H,2-7H2,1H3,(H2,11,14). The van der Waals surface area contributed by atoms with Crippen molar-refractivity contribution in [3.05, 3.63) is 0 Å². The van der Waals surface area contributed by atoms with Crippen LogP contribution in [0.4, 0.5) is 0 Å². The number of amides is 1. The van der Waals surface area contributed by atoms with Gasteiger partial charge in [-0.05, 0) is 19.4 Å². The van der Waals surface area contributed by atoms with Crippen LogP contribution >= 0.6 is 0 Å². The minimum Gasteiger partial charge on any atom is -0.392 e. The molecule has 2 atom stereocenters. The lowest BCUT2D eigenvalue weighted by atomic mass is 10.2. The van der Waals surface area contributed by atoms with Gasteiger partial charge in [-0.2, -0.15) is 0 Å². The van der Waals surface area contributed by atoms with Crippen LogP contribution in [-0.4, -0.2) is 41.1 Å². The number of hydrogen-bond donors (Lipinski definition) is 2. The Morgan fingerprint density at radius 2 is 2.29 bits per heavy atom. The summed E-state index contributed by atoms with van der Waals surface area (Å²) in [5.41, 5.74) is 5.26. The normalized spacial score (nSPS) is 28.1. The molecule has 82 valence electrons. The molecule has 0 aromatic heterocycles. The third kappa shape index (κ3) is 2.96. The van der Waals surface area contributed by atoms with Gasteiger partial charge >= 0.3 is 0 Å². The van der Waals surface area contributed by atoms with Gasteiger partial charge in [0.25, 0.3) is 0 Å². The highest BCUT2D eigenvalue weighted by molar-refractivity contribution is 5.80. The quantitative estimate of drug-likeness (QED) is 0.618. The number of aliphatic hydroxyl groups excluding tert-OH is 1. The average molecular weight is 200 g/mol. The Morgan fingerprint density at radius 1 is 1.57 bits per heavy atom. The number of nitrogens with two attached hydrogens (primary N) is 1. The molecule has 2 unspecified atom stereocenters. The van der Waals surface area contributed by atoms with Crippen molar-refractivity contribution in [2.75, 3.05) is 13.1 Å². The Bertz CT molecular complexity index is 197. The second-order valence-electron chi connectivity index (χ2n) is 4.01. The van der Waals surface area contributed by atoms with Gasteiger partial charge in [-0.15, -0.1) is 0 Å². The highest BCUT2D eigenvalue weighted by Crippen LogP contribution is 2.18. The minimum absolute atomic E-state index is 0.248. The number of primary amides is 1. The van der Waals surface area contributed by atoms with Crippen molar-refractivity contribution in [3.63, 3.8) is 0 Å². The van der Waals surface area contributed by atoms with Crippen molar-refractivity contribution in [1.29, 1.82) is 0 Å². The van der Waals surface area contributed by atoms with Gasteiger partial charge in [-0.25, -0.2) is 0 Å². The minimum atomic E-state index is -0.380. The second-order valence-corrected chi connectivity index (χ2v) is 4.01. The molecular weight excluding hydrogens is 180 g/mol. The zero-order valence-corrected chi connectivity index (χ0v) is 8.78. The summed E-state index contributed by atoms with van der Waals surface area (Å²) in [5, 5.41) is 9.43. The van der Waals surface area contributed by atoms with Gasteiger partial charge in [0.2, 0.25) is 5.91 Å². The number of aliphatic hydroxyl groups is 1. The van der Waals surface area contributed by atoms with Gasteiger partial charge in [-0.3, -0.25) is 9.69 Å². The molecule has 14 heavy (non-hydrogen) atoms. The van der Waals surface area contributed by atoms with Crippen LogP contribution in [-0.2, 0) is 4.79 Å². The van der Waals surface area contributed by atoms with Crippen LogP contribution in [0.15, 0.2) is 0 Å². The monoisotopic (exact) mass is 200 g/mol. The predicted octanol–water partition coefficient (Wildman–Crippen LogP) is 0.0971. The molecule has 3 N–H and O–H groups in total. The van der Waals surface area contributed by atoms with E-state index in [9.17, 15) is 9.90 Å². The van der Waals surface area contributed by atoms with Crippen LogP contribution in [0.3, 0.4) is 0 Å². The van der Waals surface area contributed by atoms with Gasteiger partial charge in [0.1, 0.15) is 0 Å². The van der Waals surface area contributed by atoms with Crippen LogP contribution in [0.1, 0.15) is 32.6 Å². The van der Waals surface area contributed by atoms with E-state index in [0.29, 0.717) is 13.0 Å². The smallest absolute Gasteiger partial charge is 0.234 e. The van der Waals surface area contributed by atoms with Crippen LogP contribution in [0.25, 0.3) is 0 Å². The topological polar surface area (TPSA) is 66.6 Å². The first kappa shape index (κ1) is 11.5. The molecule has 4 heteroatoms. The van der Waals surface area contributed by atoms with Crippen molar-refractivity contribution in [2.45, 2.75) is 44.8 Å². The fourth-order valence-corrected chi connectivity index (χ4v) is 1.99. The summed E-state index contributed by atoms with van der Waals surface area (Å²) in [5.74, 6) is -0.307. The van der Waals surface area contributed by atoms with E-state index in [-0.39, 0.29) is 18.1 Å². The highest BCUT2D eigenvalue weighted by atomic mass is 16.3. The summed E-state index contributed by atoms with van der Waals surface area (Å²) in [7, 11) is 0. The molecule has 0 radical (unpaired) electrons. The zero-order chi connectivity index (χ0) is 10.6. The third-order valence-corrected chi connectivity index (χ3v) is 2.76. The molecule has 1 fully saturated rings. The maximum atomic E-state index is 11.1. The number of nitrogens with zero attached hydrogens (tertiary/aromatic N) is 1. The van der Waals surface area contributed by atoms with Gasteiger partial charge in [0.05, 0.1) is 12.1 Å². The molecule has 0 bridgehead atoms. The van der Waals surface area contributed by atoms with Gasteiger partial charge in [-0.1, -0.05) is 19.8 Å². The third-order valence-electron chi connectivity index (χ3n) is 2.76. The van der Waals surface area contributed by atoms with E-state index in [0.717, 1.165) is 25.8 Å². The molecule has 1 aliphatic rings. The Balaban J connectivity index is 2.37. The molecule has 1 saturated heterocycles. The van der Waals surface area contributed by atoms with Crippen molar-refractivity contribution >= 4 is 5.91 Å². The number of β-amino-alcohol motifs (C(OH)–C–C–N with tert-alkyl or cyclic N) is 1. The lowest BCUT2D eigenvalue weighted by Gasteiger charge is -2.20. The summed E-state index contributed by atoms with van der Waals surface area (Å²) >= 11 is 0. The maximum Gasteiger partial charge on any atom is 0.234 e. The number of likely N-dealkylation sites (tertiary alicyclic amines) is 1. The summed E-state index contributed by atoms with van der Waals surface area (Å²) < 4.78 is 0.